The maximum atomic E-state index is 5.65. The third-order valence-electron chi connectivity index (χ3n) is 2.46. The maximum absolute atomic E-state index is 5.65. The zero-order chi connectivity index (χ0) is 11.0. The van der Waals surface area contributed by atoms with Gasteiger partial charge in [0, 0.05) is 29.5 Å². The molecule has 0 radical (unpaired) electrons. The number of fused-ring (bicyclic) bond motifs is 1. The van der Waals surface area contributed by atoms with Crippen LogP contribution in [0.5, 0.6) is 0 Å². The summed E-state index contributed by atoms with van der Waals surface area (Å²) in [4.78, 5) is 9.36. The molecule has 0 saturated heterocycles. The van der Waals surface area contributed by atoms with E-state index in [0.29, 0.717) is 5.13 Å². The monoisotopic (exact) mass is 227 g/mol. The van der Waals surface area contributed by atoms with E-state index in [1.165, 1.54) is 16.7 Å². The molecule has 0 bridgehead atoms. The molecule has 0 atom stereocenters. The van der Waals surface area contributed by atoms with Gasteiger partial charge in [0.15, 0.2) is 5.13 Å². The van der Waals surface area contributed by atoms with Crippen LogP contribution in [0, 0.1) is 0 Å². The van der Waals surface area contributed by atoms with Crippen molar-refractivity contribution in [2.45, 2.75) is 0 Å². The SMILES string of the molecule is Nc1ncc(-c2cncc3ccccc23)s1. The van der Waals surface area contributed by atoms with Crippen molar-refractivity contribution in [2.24, 2.45) is 0 Å². The maximum Gasteiger partial charge on any atom is 0.180 e. The van der Waals surface area contributed by atoms with Crippen molar-refractivity contribution in [3.05, 3.63) is 42.9 Å². The molecule has 3 rings (SSSR count). The van der Waals surface area contributed by atoms with Crippen molar-refractivity contribution in [1.82, 2.24) is 9.97 Å². The van der Waals surface area contributed by atoms with Crippen molar-refractivity contribution in [3.63, 3.8) is 0 Å². The standard InChI is InChI=1S/C12H9N3S/c13-12-15-7-11(16-12)10-6-14-5-8-3-1-2-4-9(8)10/h1-7H,(H2,13,15). The highest BCUT2D eigenvalue weighted by Crippen LogP contribution is 2.32. The van der Waals surface area contributed by atoms with Crippen LogP contribution in [0.25, 0.3) is 21.2 Å². The molecule has 0 fully saturated rings. The number of hydrogen-bond acceptors (Lipinski definition) is 4. The van der Waals surface area contributed by atoms with Crippen LogP contribution >= 0.6 is 11.3 Å². The summed E-state index contributed by atoms with van der Waals surface area (Å²) in [5, 5.41) is 2.90. The number of pyridine rings is 1. The normalized spacial score (nSPS) is 10.8. The Morgan fingerprint density at radius 3 is 2.75 bits per heavy atom. The molecular weight excluding hydrogens is 218 g/mol. The van der Waals surface area contributed by atoms with Crippen molar-refractivity contribution in [2.75, 3.05) is 5.73 Å². The second-order valence-corrected chi connectivity index (χ2v) is 4.53. The van der Waals surface area contributed by atoms with Crippen LogP contribution in [0.15, 0.2) is 42.9 Å². The lowest BCUT2D eigenvalue weighted by Gasteiger charge is -2.02. The Balaban J connectivity index is 2.31. The van der Waals surface area contributed by atoms with E-state index < -0.39 is 0 Å². The van der Waals surface area contributed by atoms with E-state index in [-0.39, 0.29) is 0 Å². The van der Waals surface area contributed by atoms with Gasteiger partial charge in [-0.25, -0.2) is 4.98 Å². The topological polar surface area (TPSA) is 51.8 Å². The molecule has 3 nitrogen and oxygen atoms in total. The lowest BCUT2D eigenvalue weighted by molar-refractivity contribution is 1.36. The Morgan fingerprint density at radius 2 is 1.94 bits per heavy atom. The summed E-state index contributed by atoms with van der Waals surface area (Å²) in [7, 11) is 0. The van der Waals surface area contributed by atoms with Gasteiger partial charge < -0.3 is 5.73 Å². The Morgan fingerprint density at radius 1 is 1.06 bits per heavy atom. The lowest BCUT2D eigenvalue weighted by Crippen LogP contribution is -1.80. The van der Waals surface area contributed by atoms with E-state index >= 15 is 0 Å². The Bertz CT molecular complexity index is 640. The highest BCUT2D eigenvalue weighted by Gasteiger charge is 2.06. The fraction of sp³-hybridized carbons (Fsp3) is 0. The number of nitrogens with zero attached hydrogens (tertiary/aromatic N) is 2. The van der Waals surface area contributed by atoms with Crippen molar-refractivity contribution in [3.8, 4) is 10.4 Å². The number of benzene rings is 1. The first kappa shape index (κ1) is 9.30. The van der Waals surface area contributed by atoms with Gasteiger partial charge in [-0.05, 0) is 5.39 Å². The van der Waals surface area contributed by atoms with E-state index in [4.69, 9.17) is 5.73 Å². The van der Waals surface area contributed by atoms with Crippen LogP contribution in [0.3, 0.4) is 0 Å². The fourth-order valence-corrected chi connectivity index (χ4v) is 2.43. The minimum atomic E-state index is 0.586. The summed E-state index contributed by atoms with van der Waals surface area (Å²) < 4.78 is 0. The van der Waals surface area contributed by atoms with Gasteiger partial charge in [0.05, 0.1) is 4.88 Å². The van der Waals surface area contributed by atoms with E-state index in [0.717, 1.165) is 15.8 Å². The molecule has 2 N–H and O–H groups in total. The third-order valence-corrected chi connectivity index (χ3v) is 3.32. The van der Waals surface area contributed by atoms with Gasteiger partial charge in [-0.15, -0.1) is 0 Å². The summed E-state index contributed by atoms with van der Waals surface area (Å²) in [6.45, 7) is 0. The predicted molar refractivity (Wildman–Crippen MR) is 67.3 cm³/mol. The number of hydrogen-bond donors (Lipinski definition) is 1. The van der Waals surface area contributed by atoms with Crippen molar-refractivity contribution in [1.29, 1.82) is 0 Å². The van der Waals surface area contributed by atoms with Gasteiger partial charge in [0.25, 0.3) is 0 Å². The molecule has 2 aromatic heterocycles. The molecule has 0 amide bonds. The summed E-state index contributed by atoms with van der Waals surface area (Å²) in [5.74, 6) is 0. The Hall–Kier alpha value is -1.94. The average Bonchev–Trinajstić information content (AvgIpc) is 2.75. The second-order valence-electron chi connectivity index (χ2n) is 3.47. The highest BCUT2D eigenvalue weighted by atomic mass is 32.1. The van der Waals surface area contributed by atoms with Gasteiger partial charge in [0.2, 0.25) is 0 Å². The predicted octanol–water partition coefficient (Wildman–Crippen LogP) is 2.94. The van der Waals surface area contributed by atoms with Crippen molar-refractivity contribution >= 4 is 27.2 Å². The van der Waals surface area contributed by atoms with Crippen LogP contribution in [0.1, 0.15) is 0 Å². The molecule has 0 aliphatic heterocycles. The smallest absolute Gasteiger partial charge is 0.180 e. The summed E-state index contributed by atoms with van der Waals surface area (Å²) in [5.41, 5.74) is 6.74. The minimum absolute atomic E-state index is 0.586. The Labute approximate surface area is 96.6 Å². The molecule has 1 aromatic carbocycles. The molecular formula is C12H9N3S. The van der Waals surface area contributed by atoms with E-state index in [1.54, 1.807) is 6.20 Å². The van der Waals surface area contributed by atoms with Crippen LogP contribution in [-0.2, 0) is 0 Å². The zero-order valence-electron chi connectivity index (χ0n) is 8.42. The van der Waals surface area contributed by atoms with Gasteiger partial charge in [-0.1, -0.05) is 35.6 Å². The molecule has 0 saturated carbocycles. The fourth-order valence-electron chi connectivity index (χ4n) is 1.72. The van der Waals surface area contributed by atoms with E-state index in [9.17, 15) is 0 Å². The summed E-state index contributed by atoms with van der Waals surface area (Å²) in [6, 6.07) is 8.17. The van der Waals surface area contributed by atoms with Crippen LogP contribution in [0.4, 0.5) is 5.13 Å². The first-order valence-corrected chi connectivity index (χ1v) is 5.70. The highest BCUT2D eigenvalue weighted by molar-refractivity contribution is 7.18. The second kappa shape index (κ2) is 3.57. The first-order valence-electron chi connectivity index (χ1n) is 4.89. The van der Waals surface area contributed by atoms with Crippen molar-refractivity contribution < 1.29 is 0 Å². The Kier molecular flexibility index (Phi) is 2.08. The molecule has 3 aromatic rings. The number of aromatic nitrogens is 2. The van der Waals surface area contributed by atoms with Crippen LogP contribution < -0.4 is 5.73 Å². The molecule has 0 aliphatic rings. The van der Waals surface area contributed by atoms with E-state index in [2.05, 4.69) is 22.1 Å². The third kappa shape index (κ3) is 1.44. The average molecular weight is 227 g/mol. The first-order chi connectivity index (χ1) is 7.84. The molecule has 0 aliphatic carbocycles. The van der Waals surface area contributed by atoms with Gasteiger partial charge >= 0.3 is 0 Å². The molecule has 4 heteroatoms. The lowest BCUT2D eigenvalue weighted by atomic mass is 10.1. The number of anilines is 1. The van der Waals surface area contributed by atoms with Gasteiger partial charge in [-0.2, -0.15) is 0 Å². The number of nitrogen functional groups attached to an aromatic ring is 1. The number of nitrogens with two attached hydrogens (primary N) is 1. The molecule has 78 valence electrons. The molecule has 0 unspecified atom stereocenters. The summed E-state index contributed by atoms with van der Waals surface area (Å²) in [6.07, 6.45) is 5.52. The zero-order valence-corrected chi connectivity index (χ0v) is 9.24. The van der Waals surface area contributed by atoms with E-state index in [1.807, 2.05) is 24.5 Å². The largest absolute Gasteiger partial charge is 0.375 e. The van der Waals surface area contributed by atoms with Crippen LogP contribution in [0.2, 0.25) is 0 Å². The van der Waals surface area contributed by atoms with Gasteiger partial charge in [0.1, 0.15) is 0 Å². The molecule has 16 heavy (non-hydrogen) atoms. The number of thiazole rings is 1. The minimum Gasteiger partial charge on any atom is -0.375 e. The number of rotatable bonds is 1. The molecule has 2 heterocycles. The summed E-state index contributed by atoms with van der Waals surface area (Å²) >= 11 is 1.48. The molecule has 0 spiro atoms. The van der Waals surface area contributed by atoms with Gasteiger partial charge in [-0.3, -0.25) is 4.98 Å². The quantitative estimate of drug-likeness (QED) is 0.695. The van der Waals surface area contributed by atoms with Crippen LogP contribution in [-0.4, -0.2) is 9.97 Å².